The van der Waals surface area contributed by atoms with Crippen molar-refractivity contribution in [3.8, 4) is 0 Å². The van der Waals surface area contributed by atoms with E-state index in [1.54, 1.807) is 24.3 Å². The molecule has 168 valence electrons. The Morgan fingerprint density at radius 2 is 1.75 bits per heavy atom. The minimum Gasteiger partial charge on any atom is -0.468 e. The average Bonchev–Trinajstić information content (AvgIpc) is 3.19. The van der Waals surface area contributed by atoms with Crippen LogP contribution in [0.1, 0.15) is 21.7 Å². The van der Waals surface area contributed by atoms with Gasteiger partial charge in [0.25, 0.3) is 15.9 Å². The first-order valence-corrected chi connectivity index (χ1v) is 13.1. The fourth-order valence-corrected chi connectivity index (χ4v) is 6.18. The molecule has 1 saturated heterocycles. The molecule has 1 amide bonds. The largest absolute Gasteiger partial charge is 0.468 e. The lowest BCUT2D eigenvalue weighted by atomic mass is 10.1. The van der Waals surface area contributed by atoms with E-state index in [1.807, 2.05) is 13.0 Å². The maximum atomic E-state index is 12.6. The van der Waals surface area contributed by atoms with Crippen LogP contribution in [0.4, 0.5) is 5.69 Å². The first-order valence-electron chi connectivity index (χ1n) is 9.87. The van der Waals surface area contributed by atoms with Gasteiger partial charge < -0.3 is 9.32 Å². The van der Waals surface area contributed by atoms with Crippen molar-refractivity contribution in [2.75, 3.05) is 17.8 Å². The minimum absolute atomic E-state index is 0.115. The quantitative estimate of drug-likeness (QED) is 0.563. The van der Waals surface area contributed by atoms with Crippen LogP contribution >= 0.6 is 0 Å². The molecular weight excluding hydrogens is 452 g/mol. The number of aryl methyl sites for hydroxylation is 1. The number of rotatable bonds is 7. The van der Waals surface area contributed by atoms with E-state index < -0.39 is 25.1 Å². The summed E-state index contributed by atoms with van der Waals surface area (Å²) in [6, 6.07) is 15.8. The van der Waals surface area contributed by atoms with E-state index in [0.717, 1.165) is 5.56 Å². The van der Waals surface area contributed by atoms with Crippen LogP contribution in [-0.4, -0.2) is 46.0 Å². The molecule has 2 aromatic carbocycles. The van der Waals surface area contributed by atoms with Gasteiger partial charge in [0.15, 0.2) is 9.84 Å². The van der Waals surface area contributed by atoms with E-state index in [2.05, 4.69) is 4.72 Å². The third-order valence-corrected chi connectivity index (χ3v) is 8.63. The summed E-state index contributed by atoms with van der Waals surface area (Å²) in [5.41, 5.74) is 1.50. The Morgan fingerprint density at radius 3 is 2.38 bits per heavy atom. The van der Waals surface area contributed by atoms with E-state index in [-0.39, 0.29) is 29.6 Å². The molecule has 1 aromatic heterocycles. The third kappa shape index (κ3) is 4.71. The number of benzene rings is 2. The van der Waals surface area contributed by atoms with Crippen LogP contribution in [0.2, 0.25) is 0 Å². The highest BCUT2D eigenvalue weighted by Crippen LogP contribution is 2.24. The molecule has 32 heavy (non-hydrogen) atoms. The Labute approximate surface area is 186 Å². The van der Waals surface area contributed by atoms with Crippen LogP contribution in [0.3, 0.4) is 0 Å². The summed E-state index contributed by atoms with van der Waals surface area (Å²) in [6.45, 7) is 2.04. The molecule has 0 unspecified atom stereocenters. The van der Waals surface area contributed by atoms with Crippen LogP contribution in [0.5, 0.6) is 0 Å². The molecule has 1 aliphatic rings. The van der Waals surface area contributed by atoms with Crippen LogP contribution in [0.15, 0.2) is 76.2 Å². The second kappa shape index (κ2) is 8.44. The molecule has 2 heterocycles. The average molecular weight is 475 g/mol. The number of sulfonamides is 1. The number of amides is 1. The molecule has 0 radical (unpaired) electrons. The van der Waals surface area contributed by atoms with Gasteiger partial charge in [-0.1, -0.05) is 12.1 Å². The summed E-state index contributed by atoms with van der Waals surface area (Å²) in [5, 5.41) is -0.628. The maximum absolute atomic E-state index is 12.6. The first kappa shape index (κ1) is 22.1. The molecule has 4 rings (SSSR count). The van der Waals surface area contributed by atoms with Crippen LogP contribution in [0.25, 0.3) is 0 Å². The first-order chi connectivity index (χ1) is 15.1. The monoisotopic (exact) mass is 474 g/mol. The number of furan rings is 1. The Balaban J connectivity index is 1.37. The lowest BCUT2D eigenvalue weighted by Crippen LogP contribution is -2.57. The van der Waals surface area contributed by atoms with Crippen molar-refractivity contribution in [2.45, 2.75) is 22.8 Å². The molecule has 1 aliphatic heterocycles. The van der Waals surface area contributed by atoms with Gasteiger partial charge in [-0.2, -0.15) is 0 Å². The van der Waals surface area contributed by atoms with Crippen molar-refractivity contribution in [3.05, 3.63) is 83.8 Å². The highest BCUT2D eigenvalue weighted by Gasteiger charge is 2.40. The van der Waals surface area contributed by atoms with Gasteiger partial charge in [-0.25, -0.2) is 16.8 Å². The zero-order valence-electron chi connectivity index (χ0n) is 17.3. The number of likely N-dealkylation sites (tertiary alicyclic amines) is 1. The van der Waals surface area contributed by atoms with E-state index in [9.17, 15) is 21.6 Å². The van der Waals surface area contributed by atoms with E-state index in [0.29, 0.717) is 17.0 Å². The molecular formula is C22H22N2O6S2. The summed E-state index contributed by atoms with van der Waals surface area (Å²) in [5.74, 6) is -0.122. The standard InChI is InChI=1S/C22H22N2O6S2/c1-16-4-2-6-20(12-16)32(28,29)23-18-9-7-17(8-10-18)22(25)24-13-21(14-24)31(26,27)15-19-5-3-11-30-19/h2-12,21,23H,13-15H2,1H3. The summed E-state index contributed by atoms with van der Waals surface area (Å²) in [4.78, 5) is 14.3. The van der Waals surface area contributed by atoms with E-state index in [4.69, 9.17) is 4.42 Å². The van der Waals surface area contributed by atoms with E-state index in [1.165, 1.54) is 41.5 Å². The van der Waals surface area contributed by atoms with Crippen molar-refractivity contribution in [3.63, 3.8) is 0 Å². The molecule has 1 N–H and O–H groups in total. The number of nitrogens with one attached hydrogen (secondary N) is 1. The van der Waals surface area contributed by atoms with Crippen molar-refractivity contribution in [2.24, 2.45) is 0 Å². The Bertz CT molecular complexity index is 1330. The SMILES string of the molecule is Cc1cccc(S(=O)(=O)Nc2ccc(C(=O)N3CC(S(=O)(=O)Cc4ccco4)C3)cc2)c1. The minimum atomic E-state index is -3.74. The Hall–Kier alpha value is -3.11. The van der Waals surface area contributed by atoms with Gasteiger partial charge >= 0.3 is 0 Å². The summed E-state index contributed by atoms with van der Waals surface area (Å²) < 4.78 is 57.5. The van der Waals surface area contributed by atoms with Crippen LogP contribution in [0, 0.1) is 6.92 Å². The fraction of sp³-hybridized carbons (Fsp3) is 0.227. The normalized spacial score (nSPS) is 14.7. The van der Waals surface area contributed by atoms with Crippen LogP contribution in [-0.2, 0) is 25.6 Å². The van der Waals surface area contributed by atoms with Gasteiger partial charge in [-0.15, -0.1) is 0 Å². The molecule has 0 spiro atoms. The molecule has 0 bridgehead atoms. The second-order valence-electron chi connectivity index (χ2n) is 7.72. The number of sulfone groups is 1. The summed E-state index contributed by atoms with van der Waals surface area (Å²) in [6.07, 6.45) is 1.42. The molecule has 8 nitrogen and oxygen atoms in total. The lowest BCUT2D eigenvalue weighted by Gasteiger charge is -2.38. The van der Waals surface area contributed by atoms with Gasteiger partial charge in [0.05, 0.1) is 16.4 Å². The molecule has 3 aromatic rings. The number of hydrogen-bond donors (Lipinski definition) is 1. The van der Waals surface area contributed by atoms with Gasteiger partial charge in [0, 0.05) is 24.3 Å². The zero-order chi connectivity index (χ0) is 22.9. The predicted molar refractivity (Wildman–Crippen MR) is 119 cm³/mol. The van der Waals surface area contributed by atoms with Gasteiger partial charge in [-0.3, -0.25) is 9.52 Å². The Kier molecular flexibility index (Phi) is 5.83. The van der Waals surface area contributed by atoms with Gasteiger partial charge in [0.1, 0.15) is 11.5 Å². The number of carbonyl (C=O) groups excluding carboxylic acids is 1. The smallest absolute Gasteiger partial charge is 0.261 e. The van der Waals surface area contributed by atoms with Crippen molar-refractivity contribution >= 4 is 31.5 Å². The number of nitrogens with zero attached hydrogens (tertiary/aromatic N) is 1. The zero-order valence-corrected chi connectivity index (χ0v) is 18.9. The topological polar surface area (TPSA) is 114 Å². The van der Waals surface area contributed by atoms with Crippen LogP contribution < -0.4 is 4.72 Å². The number of carbonyl (C=O) groups is 1. The summed E-state index contributed by atoms with van der Waals surface area (Å²) in [7, 11) is -7.16. The summed E-state index contributed by atoms with van der Waals surface area (Å²) >= 11 is 0. The lowest BCUT2D eigenvalue weighted by molar-refractivity contribution is 0.0659. The predicted octanol–water partition coefficient (Wildman–Crippen LogP) is 2.83. The fourth-order valence-electron chi connectivity index (χ4n) is 3.40. The van der Waals surface area contributed by atoms with Gasteiger partial charge in [-0.05, 0) is 61.0 Å². The van der Waals surface area contributed by atoms with Gasteiger partial charge in [0.2, 0.25) is 0 Å². The highest BCUT2D eigenvalue weighted by atomic mass is 32.2. The Morgan fingerprint density at radius 1 is 1.03 bits per heavy atom. The van der Waals surface area contributed by atoms with Crippen molar-refractivity contribution in [1.29, 1.82) is 0 Å². The molecule has 0 atom stereocenters. The molecule has 0 aliphatic carbocycles. The van der Waals surface area contributed by atoms with Crippen molar-refractivity contribution < 1.29 is 26.0 Å². The third-order valence-electron chi connectivity index (χ3n) is 5.25. The second-order valence-corrected chi connectivity index (χ2v) is 11.7. The van der Waals surface area contributed by atoms with Crippen molar-refractivity contribution in [1.82, 2.24) is 4.90 Å². The molecule has 1 fully saturated rings. The molecule has 10 heteroatoms. The molecule has 0 saturated carbocycles. The van der Waals surface area contributed by atoms with E-state index >= 15 is 0 Å². The number of anilines is 1. The number of hydrogen-bond acceptors (Lipinski definition) is 6. The maximum Gasteiger partial charge on any atom is 0.261 e. The highest BCUT2D eigenvalue weighted by molar-refractivity contribution is 7.92.